The van der Waals surface area contributed by atoms with Gasteiger partial charge in [-0.15, -0.1) is 0 Å². The number of carbonyl (C=O) groups is 2. The molecule has 2 aromatic rings. The summed E-state index contributed by atoms with van der Waals surface area (Å²) >= 11 is 6.20. The summed E-state index contributed by atoms with van der Waals surface area (Å²) in [6, 6.07) is 14.9. The van der Waals surface area contributed by atoms with E-state index in [2.05, 4.69) is 18.7 Å². The molecule has 0 unspecified atom stereocenters. The van der Waals surface area contributed by atoms with Gasteiger partial charge in [-0.1, -0.05) is 48.0 Å². The van der Waals surface area contributed by atoms with Crippen molar-refractivity contribution in [1.29, 1.82) is 0 Å². The number of nitrogens with zero attached hydrogens (tertiary/aromatic N) is 2. The van der Waals surface area contributed by atoms with Gasteiger partial charge in [0, 0.05) is 37.3 Å². The second kappa shape index (κ2) is 8.86. The van der Waals surface area contributed by atoms with E-state index in [1.807, 2.05) is 29.2 Å². The van der Waals surface area contributed by atoms with E-state index < -0.39 is 6.61 Å². The third kappa shape index (κ3) is 4.43. The van der Waals surface area contributed by atoms with Crippen molar-refractivity contribution in [1.82, 2.24) is 9.80 Å². The van der Waals surface area contributed by atoms with Crippen molar-refractivity contribution in [3.8, 4) is 0 Å². The van der Waals surface area contributed by atoms with Crippen LogP contribution in [-0.2, 0) is 6.54 Å². The maximum absolute atomic E-state index is 12.9. The molecule has 2 aromatic carbocycles. The Labute approximate surface area is 170 Å². The van der Waals surface area contributed by atoms with Gasteiger partial charge in [-0.2, -0.15) is 0 Å². The van der Waals surface area contributed by atoms with Crippen molar-refractivity contribution in [3.63, 3.8) is 0 Å². The average molecular weight is 401 g/mol. The van der Waals surface area contributed by atoms with Gasteiger partial charge >= 0.3 is 0 Å². The summed E-state index contributed by atoms with van der Waals surface area (Å²) in [5.41, 5.74) is 2.16. The summed E-state index contributed by atoms with van der Waals surface area (Å²) in [5, 5.41) is 9.44. The lowest BCUT2D eigenvalue weighted by molar-refractivity contribution is 0.0270. The number of rotatable bonds is 5. The Morgan fingerprint density at radius 3 is 2.21 bits per heavy atom. The van der Waals surface area contributed by atoms with Gasteiger partial charge in [0.25, 0.3) is 5.91 Å². The third-order valence-corrected chi connectivity index (χ3v) is 5.61. The fraction of sp³-hybridized carbons (Fsp3) is 0.364. The number of hydrogen-bond acceptors (Lipinski definition) is 4. The smallest absolute Gasteiger partial charge is 0.255 e. The number of halogens is 1. The molecule has 0 radical (unpaired) electrons. The second-order valence-corrected chi connectivity index (χ2v) is 7.75. The molecule has 0 aromatic heterocycles. The van der Waals surface area contributed by atoms with Crippen molar-refractivity contribution in [3.05, 3.63) is 70.2 Å². The molecule has 1 aliphatic heterocycles. The first kappa shape index (κ1) is 20.5. The van der Waals surface area contributed by atoms with Crippen molar-refractivity contribution in [2.75, 3.05) is 19.7 Å². The third-order valence-electron chi connectivity index (χ3n) is 5.28. The zero-order valence-electron chi connectivity index (χ0n) is 16.1. The van der Waals surface area contributed by atoms with Gasteiger partial charge in [0.05, 0.1) is 10.6 Å². The van der Waals surface area contributed by atoms with E-state index in [0.29, 0.717) is 29.2 Å². The van der Waals surface area contributed by atoms with E-state index in [0.717, 1.165) is 12.1 Å². The lowest BCUT2D eigenvalue weighted by Crippen LogP contribution is -2.57. The van der Waals surface area contributed by atoms with Crippen LogP contribution in [0.25, 0.3) is 0 Å². The molecule has 1 N–H and O–H groups in total. The largest absolute Gasteiger partial charge is 0.388 e. The molecule has 1 amide bonds. The van der Waals surface area contributed by atoms with Gasteiger partial charge in [-0.05, 0) is 31.5 Å². The summed E-state index contributed by atoms with van der Waals surface area (Å²) in [6.45, 7) is 5.77. The number of aliphatic hydroxyl groups is 1. The summed E-state index contributed by atoms with van der Waals surface area (Å²) in [6.07, 6.45) is 0. The van der Waals surface area contributed by atoms with Crippen LogP contribution in [0.15, 0.2) is 48.5 Å². The maximum Gasteiger partial charge on any atom is 0.255 e. The first-order valence-corrected chi connectivity index (χ1v) is 9.81. The predicted molar refractivity (Wildman–Crippen MR) is 110 cm³/mol. The van der Waals surface area contributed by atoms with Gasteiger partial charge < -0.3 is 10.0 Å². The Kier molecular flexibility index (Phi) is 6.50. The van der Waals surface area contributed by atoms with E-state index in [9.17, 15) is 9.59 Å². The molecule has 1 heterocycles. The Balaban J connectivity index is 1.67. The van der Waals surface area contributed by atoms with Crippen LogP contribution in [0.1, 0.15) is 40.1 Å². The maximum atomic E-state index is 12.9. The predicted octanol–water partition coefficient (Wildman–Crippen LogP) is 3.25. The number of benzene rings is 2. The number of hydrogen-bond donors (Lipinski definition) is 1. The molecule has 1 saturated heterocycles. The van der Waals surface area contributed by atoms with Crippen LogP contribution in [0, 0.1) is 0 Å². The van der Waals surface area contributed by atoms with E-state index in [4.69, 9.17) is 16.7 Å². The highest BCUT2D eigenvalue weighted by molar-refractivity contribution is 6.33. The molecular weight excluding hydrogens is 376 g/mol. The summed E-state index contributed by atoms with van der Waals surface area (Å²) in [7, 11) is 0. The van der Waals surface area contributed by atoms with Crippen molar-refractivity contribution >= 4 is 23.3 Å². The van der Waals surface area contributed by atoms with Crippen LogP contribution in [0.5, 0.6) is 0 Å². The van der Waals surface area contributed by atoms with Gasteiger partial charge in [0.1, 0.15) is 6.61 Å². The van der Waals surface area contributed by atoms with Crippen LogP contribution in [0.3, 0.4) is 0 Å². The molecule has 2 atom stereocenters. The minimum Gasteiger partial charge on any atom is -0.388 e. The number of carbonyl (C=O) groups excluding carboxylic acids is 2. The lowest BCUT2D eigenvalue weighted by Gasteiger charge is -2.44. The second-order valence-electron chi connectivity index (χ2n) is 7.34. The number of ketones is 1. The Morgan fingerprint density at radius 1 is 1.04 bits per heavy atom. The van der Waals surface area contributed by atoms with Crippen molar-refractivity contribution < 1.29 is 14.7 Å². The molecule has 1 fully saturated rings. The summed E-state index contributed by atoms with van der Waals surface area (Å²) in [4.78, 5) is 28.7. The molecular formula is C22H25ClN2O3. The Bertz CT molecular complexity index is 841. The zero-order valence-corrected chi connectivity index (χ0v) is 16.9. The molecule has 148 valence electrons. The quantitative estimate of drug-likeness (QED) is 0.782. The molecule has 5 nitrogen and oxygen atoms in total. The number of Topliss-reactive ketones (excluding diaryl/α,β-unsaturated/α-hetero) is 1. The van der Waals surface area contributed by atoms with Gasteiger partial charge in [0.15, 0.2) is 5.78 Å². The summed E-state index contributed by atoms with van der Waals surface area (Å²) < 4.78 is 0. The standard InChI is InChI=1S/C22H25ClN2O3/c1-15-11-24(22(28)19-5-3-4-6-20(19)23)12-16(2)25(15)13-17-7-9-18(10-8-17)21(27)14-26/h3-10,15-16,26H,11-14H2,1-2H3/t15-,16+. The topological polar surface area (TPSA) is 60.9 Å². The van der Waals surface area contributed by atoms with Gasteiger partial charge in [-0.25, -0.2) is 0 Å². The minimum atomic E-state index is -0.477. The van der Waals surface area contributed by atoms with Crippen LogP contribution < -0.4 is 0 Å². The highest BCUT2D eigenvalue weighted by atomic mass is 35.5. The normalized spacial score (nSPS) is 20.2. The molecule has 0 bridgehead atoms. The first-order chi connectivity index (χ1) is 13.4. The highest BCUT2D eigenvalue weighted by Crippen LogP contribution is 2.23. The fourth-order valence-corrected chi connectivity index (χ4v) is 3.95. The summed E-state index contributed by atoms with van der Waals surface area (Å²) in [5.74, 6) is -0.309. The fourth-order valence-electron chi connectivity index (χ4n) is 3.74. The zero-order chi connectivity index (χ0) is 20.3. The molecule has 28 heavy (non-hydrogen) atoms. The van der Waals surface area contributed by atoms with Crippen LogP contribution in [0.2, 0.25) is 5.02 Å². The molecule has 0 spiro atoms. The van der Waals surface area contributed by atoms with E-state index in [1.54, 1.807) is 24.3 Å². The Hall–Kier alpha value is -2.21. The minimum absolute atomic E-state index is 0.0316. The van der Waals surface area contributed by atoms with Crippen LogP contribution in [0.4, 0.5) is 0 Å². The molecule has 0 aliphatic carbocycles. The highest BCUT2D eigenvalue weighted by Gasteiger charge is 2.32. The molecule has 0 saturated carbocycles. The van der Waals surface area contributed by atoms with E-state index in [1.165, 1.54) is 0 Å². The SMILES string of the molecule is C[C@@H]1CN(C(=O)c2ccccc2Cl)C[C@H](C)N1Cc1ccc(C(=O)CO)cc1. The van der Waals surface area contributed by atoms with Crippen molar-refractivity contribution in [2.45, 2.75) is 32.5 Å². The lowest BCUT2D eigenvalue weighted by atomic mass is 10.0. The van der Waals surface area contributed by atoms with Crippen molar-refractivity contribution in [2.24, 2.45) is 0 Å². The number of piperazine rings is 1. The number of aliphatic hydroxyl groups excluding tert-OH is 1. The van der Waals surface area contributed by atoms with E-state index >= 15 is 0 Å². The van der Waals surface area contributed by atoms with Gasteiger partial charge in [0.2, 0.25) is 0 Å². The van der Waals surface area contributed by atoms with Crippen LogP contribution >= 0.6 is 11.6 Å². The first-order valence-electron chi connectivity index (χ1n) is 9.43. The van der Waals surface area contributed by atoms with Gasteiger partial charge in [-0.3, -0.25) is 14.5 Å². The molecule has 6 heteroatoms. The van der Waals surface area contributed by atoms with E-state index in [-0.39, 0.29) is 23.8 Å². The van der Waals surface area contributed by atoms with Crippen LogP contribution in [-0.4, -0.2) is 58.4 Å². The monoisotopic (exact) mass is 400 g/mol. The molecule has 1 aliphatic rings. The molecule has 3 rings (SSSR count). The average Bonchev–Trinajstić information content (AvgIpc) is 2.70. The Morgan fingerprint density at radius 2 is 1.64 bits per heavy atom. The number of amides is 1.